The normalized spacial score (nSPS) is 11.0. The molecule has 0 aliphatic rings. The number of nitrogens with two attached hydrogens (primary N) is 1. The first-order chi connectivity index (χ1) is 7.59. The molecule has 0 aliphatic carbocycles. The van der Waals surface area contributed by atoms with Gasteiger partial charge in [-0.3, -0.25) is 0 Å². The van der Waals surface area contributed by atoms with Crippen LogP contribution in [0.25, 0.3) is 11.3 Å². The maximum Gasteiger partial charge on any atom is 0.132 e. The molecule has 1 aromatic carbocycles. The number of hydrogen-bond acceptors (Lipinski definition) is 3. The third-order valence-corrected chi connectivity index (χ3v) is 3.48. The Balaban J connectivity index is 2.52. The van der Waals surface area contributed by atoms with Crippen molar-refractivity contribution in [2.75, 3.05) is 5.73 Å². The lowest BCUT2D eigenvalue weighted by Gasteiger charge is -2.00. The van der Waals surface area contributed by atoms with Crippen molar-refractivity contribution in [2.45, 2.75) is 19.8 Å². The Morgan fingerprint density at radius 2 is 2.00 bits per heavy atom. The fraction of sp³-hybridized carbons (Fsp3) is 0.250. The van der Waals surface area contributed by atoms with Gasteiger partial charge in [-0.2, -0.15) is 0 Å². The van der Waals surface area contributed by atoms with Crippen LogP contribution in [0.2, 0.25) is 0 Å². The molecular formula is C12H13FN2S. The van der Waals surface area contributed by atoms with E-state index in [9.17, 15) is 4.39 Å². The Morgan fingerprint density at radius 3 is 2.56 bits per heavy atom. The third kappa shape index (κ3) is 1.93. The number of rotatable bonds is 2. The van der Waals surface area contributed by atoms with E-state index >= 15 is 0 Å². The smallest absolute Gasteiger partial charge is 0.132 e. The molecule has 0 bridgehead atoms. The van der Waals surface area contributed by atoms with Crippen molar-refractivity contribution in [1.29, 1.82) is 0 Å². The second kappa shape index (κ2) is 4.22. The largest absolute Gasteiger partial charge is 0.389 e. The molecule has 2 nitrogen and oxygen atoms in total. The molecule has 0 spiro atoms. The molecule has 2 N–H and O–H groups in total. The Morgan fingerprint density at radius 1 is 1.31 bits per heavy atom. The first kappa shape index (κ1) is 11.1. The van der Waals surface area contributed by atoms with Gasteiger partial charge in [0.25, 0.3) is 0 Å². The zero-order valence-corrected chi connectivity index (χ0v) is 10.0. The minimum Gasteiger partial charge on any atom is -0.389 e. The summed E-state index contributed by atoms with van der Waals surface area (Å²) in [5, 5.41) is 1.52. The summed E-state index contributed by atoms with van der Waals surface area (Å²) in [5.41, 5.74) is 6.91. The molecule has 0 unspecified atom stereocenters. The molecule has 2 aromatic rings. The summed E-state index contributed by atoms with van der Waals surface area (Å²) in [6.45, 7) is 4.09. The number of aromatic nitrogens is 1. The van der Waals surface area contributed by atoms with Crippen LogP contribution in [-0.2, 0) is 0 Å². The van der Waals surface area contributed by atoms with Crippen LogP contribution in [0.3, 0.4) is 0 Å². The second-order valence-electron chi connectivity index (χ2n) is 3.90. The van der Waals surface area contributed by atoms with Crippen LogP contribution in [0, 0.1) is 5.82 Å². The molecule has 2 rings (SSSR count). The summed E-state index contributed by atoms with van der Waals surface area (Å²) >= 11 is 1.43. The predicted octanol–water partition coefficient (Wildman–Crippen LogP) is 3.65. The Kier molecular flexibility index (Phi) is 2.92. The molecule has 1 aromatic heterocycles. The highest BCUT2D eigenvalue weighted by molar-refractivity contribution is 7.16. The maximum atomic E-state index is 13.6. The topological polar surface area (TPSA) is 38.9 Å². The number of thiazole rings is 1. The van der Waals surface area contributed by atoms with Crippen molar-refractivity contribution in [3.05, 3.63) is 35.1 Å². The molecule has 0 saturated heterocycles. The van der Waals surface area contributed by atoms with Crippen LogP contribution >= 0.6 is 11.3 Å². The lowest BCUT2D eigenvalue weighted by Crippen LogP contribution is -1.90. The van der Waals surface area contributed by atoms with Crippen molar-refractivity contribution in [2.24, 2.45) is 0 Å². The molecule has 0 radical (unpaired) electrons. The lowest BCUT2D eigenvalue weighted by molar-refractivity contribution is 0.631. The highest BCUT2D eigenvalue weighted by atomic mass is 32.1. The highest BCUT2D eigenvalue weighted by Crippen LogP contribution is 2.34. The quantitative estimate of drug-likeness (QED) is 0.864. The number of halogens is 1. The van der Waals surface area contributed by atoms with Crippen LogP contribution in [0.5, 0.6) is 0 Å². The van der Waals surface area contributed by atoms with Crippen molar-refractivity contribution >= 4 is 16.3 Å². The molecule has 0 amide bonds. The number of anilines is 1. The molecule has 0 fully saturated rings. The Labute approximate surface area is 97.9 Å². The zero-order chi connectivity index (χ0) is 11.7. The number of nitrogens with zero attached hydrogens (tertiary/aromatic N) is 1. The first-order valence-corrected chi connectivity index (χ1v) is 5.92. The highest BCUT2D eigenvalue weighted by Gasteiger charge is 2.15. The Bertz CT molecular complexity index is 505. The van der Waals surface area contributed by atoms with Crippen molar-refractivity contribution in [1.82, 2.24) is 4.98 Å². The van der Waals surface area contributed by atoms with Gasteiger partial charge in [0.05, 0.1) is 5.01 Å². The van der Waals surface area contributed by atoms with Crippen LogP contribution in [-0.4, -0.2) is 4.98 Å². The van der Waals surface area contributed by atoms with E-state index in [-0.39, 0.29) is 5.82 Å². The number of hydrogen-bond donors (Lipinski definition) is 1. The minimum atomic E-state index is -0.283. The first-order valence-electron chi connectivity index (χ1n) is 5.10. The van der Waals surface area contributed by atoms with Crippen LogP contribution in [0.15, 0.2) is 24.3 Å². The molecule has 0 saturated carbocycles. The number of nitrogen functional groups attached to an aromatic ring is 1. The van der Waals surface area contributed by atoms with E-state index < -0.39 is 0 Å². The van der Waals surface area contributed by atoms with Gasteiger partial charge in [0.1, 0.15) is 16.5 Å². The lowest BCUT2D eigenvalue weighted by atomic mass is 10.1. The standard InChI is InChI=1S/C12H13FN2S/c1-7(2)12-15-10(11(14)16-12)8-5-3-4-6-9(8)13/h3-7H,14H2,1-2H3. The molecule has 1 heterocycles. The van der Waals surface area contributed by atoms with Crippen molar-refractivity contribution in [3.8, 4) is 11.3 Å². The van der Waals surface area contributed by atoms with Gasteiger partial charge in [-0.25, -0.2) is 9.37 Å². The van der Waals surface area contributed by atoms with E-state index in [1.807, 2.05) is 13.8 Å². The zero-order valence-electron chi connectivity index (χ0n) is 9.20. The van der Waals surface area contributed by atoms with E-state index in [2.05, 4.69) is 4.98 Å². The average molecular weight is 236 g/mol. The van der Waals surface area contributed by atoms with Crippen LogP contribution < -0.4 is 5.73 Å². The SMILES string of the molecule is CC(C)c1nc(-c2ccccc2F)c(N)s1. The molecule has 0 atom stereocenters. The van der Waals surface area contributed by atoms with Crippen LogP contribution in [0.1, 0.15) is 24.8 Å². The summed E-state index contributed by atoms with van der Waals surface area (Å²) < 4.78 is 13.6. The van der Waals surface area contributed by atoms with Crippen LogP contribution in [0.4, 0.5) is 9.39 Å². The summed E-state index contributed by atoms with van der Waals surface area (Å²) in [4.78, 5) is 4.39. The molecule has 84 valence electrons. The average Bonchev–Trinajstić information content (AvgIpc) is 2.61. The Hall–Kier alpha value is -1.42. The van der Waals surface area contributed by atoms with Gasteiger partial charge < -0.3 is 5.73 Å². The maximum absolute atomic E-state index is 13.6. The van der Waals surface area contributed by atoms with E-state index in [1.165, 1.54) is 17.4 Å². The molecule has 0 aliphatic heterocycles. The molecule has 4 heteroatoms. The van der Waals surface area contributed by atoms with Gasteiger partial charge in [-0.05, 0) is 12.1 Å². The van der Waals surface area contributed by atoms with Crippen molar-refractivity contribution < 1.29 is 4.39 Å². The van der Waals surface area contributed by atoms with E-state index in [0.29, 0.717) is 22.2 Å². The molecule has 16 heavy (non-hydrogen) atoms. The van der Waals surface area contributed by atoms with Gasteiger partial charge in [0.15, 0.2) is 0 Å². The fourth-order valence-electron chi connectivity index (χ4n) is 1.44. The van der Waals surface area contributed by atoms with Gasteiger partial charge in [-0.15, -0.1) is 11.3 Å². The van der Waals surface area contributed by atoms with Gasteiger partial charge >= 0.3 is 0 Å². The van der Waals surface area contributed by atoms with Gasteiger partial charge in [-0.1, -0.05) is 26.0 Å². The summed E-state index contributed by atoms with van der Waals surface area (Å²) in [6, 6.07) is 6.56. The summed E-state index contributed by atoms with van der Waals surface area (Å²) in [6.07, 6.45) is 0. The molecular weight excluding hydrogens is 223 g/mol. The van der Waals surface area contributed by atoms with E-state index in [0.717, 1.165) is 5.01 Å². The minimum absolute atomic E-state index is 0.283. The van der Waals surface area contributed by atoms with Crippen molar-refractivity contribution in [3.63, 3.8) is 0 Å². The summed E-state index contributed by atoms with van der Waals surface area (Å²) in [7, 11) is 0. The second-order valence-corrected chi connectivity index (χ2v) is 4.96. The predicted molar refractivity (Wildman–Crippen MR) is 66.0 cm³/mol. The van der Waals surface area contributed by atoms with E-state index in [4.69, 9.17) is 5.73 Å². The summed E-state index contributed by atoms with van der Waals surface area (Å²) in [5.74, 6) is 0.0302. The van der Waals surface area contributed by atoms with E-state index in [1.54, 1.807) is 18.2 Å². The number of benzene rings is 1. The van der Waals surface area contributed by atoms with Gasteiger partial charge in [0.2, 0.25) is 0 Å². The van der Waals surface area contributed by atoms with Gasteiger partial charge in [0, 0.05) is 11.5 Å². The monoisotopic (exact) mass is 236 g/mol. The third-order valence-electron chi connectivity index (χ3n) is 2.29. The fourth-order valence-corrected chi connectivity index (χ4v) is 2.29.